The van der Waals surface area contributed by atoms with Crippen LogP contribution in [0.1, 0.15) is 5.56 Å². The van der Waals surface area contributed by atoms with Gasteiger partial charge in [-0.05, 0) is 11.8 Å². The summed E-state index contributed by atoms with van der Waals surface area (Å²) in [5.74, 6) is -0.621. The van der Waals surface area contributed by atoms with E-state index < -0.39 is 11.5 Å². The second-order valence-corrected chi connectivity index (χ2v) is 3.94. The maximum absolute atomic E-state index is 11.1. The van der Waals surface area contributed by atoms with Gasteiger partial charge in [0.2, 0.25) is 0 Å². The van der Waals surface area contributed by atoms with E-state index in [-0.39, 0.29) is 0 Å². The van der Waals surface area contributed by atoms with Crippen molar-refractivity contribution in [2.24, 2.45) is 5.73 Å². The van der Waals surface area contributed by atoms with E-state index in [1.165, 1.54) is 11.8 Å². The molecule has 0 amide bonds. The Kier molecular flexibility index (Phi) is 3.55. The van der Waals surface area contributed by atoms with E-state index in [9.17, 15) is 4.79 Å². The number of nitrogens with two attached hydrogens (primary N) is 1. The molecule has 1 aromatic rings. The van der Waals surface area contributed by atoms with E-state index in [1.54, 1.807) is 24.3 Å². The van der Waals surface area contributed by atoms with Crippen molar-refractivity contribution in [2.45, 2.75) is 5.54 Å². The molecule has 0 aliphatic heterocycles. The molecule has 0 aliphatic carbocycles. The fourth-order valence-electron chi connectivity index (χ4n) is 1.23. The van der Waals surface area contributed by atoms with Gasteiger partial charge in [0, 0.05) is 5.75 Å². The molecule has 0 spiro atoms. The molecule has 0 radical (unpaired) electrons. The van der Waals surface area contributed by atoms with E-state index in [0.717, 1.165) is 0 Å². The van der Waals surface area contributed by atoms with Crippen LogP contribution in [0.25, 0.3) is 0 Å². The van der Waals surface area contributed by atoms with Gasteiger partial charge in [0.1, 0.15) is 5.54 Å². The lowest BCUT2D eigenvalue weighted by atomic mass is 9.93. The van der Waals surface area contributed by atoms with Crippen LogP contribution in [0.4, 0.5) is 0 Å². The molecule has 1 unspecified atom stereocenters. The number of carboxylic acids is 1. The van der Waals surface area contributed by atoms with Crippen molar-refractivity contribution in [3.05, 3.63) is 35.9 Å². The molecular weight excluding hydrogens is 198 g/mol. The number of hydrogen-bond donors (Lipinski definition) is 2. The van der Waals surface area contributed by atoms with E-state index in [4.69, 9.17) is 10.8 Å². The number of hydrogen-bond acceptors (Lipinski definition) is 3. The van der Waals surface area contributed by atoms with Crippen LogP contribution in [-0.4, -0.2) is 23.1 Å². The Labute approximate surface area is 87.3 Å². The van der Waals surface area contributed by atoms with Crippen molar-refractivity contribution in [1.29, 1.82) is 0 Å². The predicted octanol–water partition coefficient (Wildman–Crippen LogP) is 1.29. The van der Waals surface area contributed by atoms with Crippen molar-refractivity contribution in [3.63, 3.8) is 0 Å². The molecule has 0 heterocycles. The van der Waals surface area contributed by atoms with Crippen LogP contribution in [0.5, 0.6) is 0 Å². The molecule has 0 aromatic heterocycles. The van der Waals surface area contributed by atoms with Gasteiger partial charge in [0.05, 0.1) is 0 Å². The lowest BCUT2D eigenvalue weighted by molar-refractivity contribution is -0.142. The average molecular weight is 211 g/mol. The summed E-state index contributed by atoms with van der Waals surface area (Å²) < 4.78 is 0. The van der Waals surface area contributed by atoms with Gasteiger partial charge >= 0.3 is 5.97 Å². The summed E-state index contributed by atoms with van der Waals surface area (Å²) in [5, 5.41) is 9.08. The highest BCUT2D eigenvalue weighted by Crippen LogP contribution is 2.22. The Hall–Kier alpha value is -1.00. The molecule has 0 bridgehead atoms. The van der Waals surface area contributed by atoms with Crippen LogP contribution in [0.2, 0.25) is 0 Å². The third kappa shape index (κ3) is 2.08. The van der Waals surface area contributed by atoms with Crippen molar-refractivity contribution >= 4 is 17.7 Å². The van der Waals surface area contributed by atoms with Gasteiger partial charge in [-0.25, -0.2) is 4.79 Å². The zero-order valence-corrected chi connectivity index (χ0v) is 8.75. The van der Waals surface area contributed by atoms with Crippen molar-refractivity contribution < 1.29 is 9.90 Å². The molecule has 4 heteroatoms. The van der Waals surface area contributed by atoms with Gasteiger partial charge in [0.15, 0.2) is 0 Å². The van der Waals surface area contributed by atoms with Crippen LogP contribution in [0.15, 0.2) is 30.3 Å². The maximum Gasteiger partial charge on any atom is 0.329 e. The number of carbonyl (C=O) groups is 1. The second kappa shape index (κ2) is 4.48. The number of aliphatic carboxylic acids is 1. The van der Waals surface area contributed by atoms with Gasteiger partial charge < -0.3 is 10.8 Å². The molecule has 1 rings (SSSR count). The number of thioether (sulfide) groups is 1. The van der Waals surface area contributed by atoms with Crippen LogP contribution < -0.4 is 5.73 Å². The maximum atomic E-state index is 11.1. The first-order valence-electron chi connectivity index (χ1n) is 4.18. The van der Waals surface area contributed by atoms with Crippen LogP contribution >= 0.6 is 11.8 Å². The first-order chi connectivity index (χ1) is 6.61. The van der Waals surface area contributed by atoms with E-state index in [0.29, 0.717) is 11.3 Å². The fourth-order valence-corrected chi connectivity index (χ4v) is 1.98. The zero-order chi connectivity index (χ0) is 10.6. The number of rotatable bonds is 4. The Morgan fingerprint density at radius 1 is 1.50 bits per heavy atom. The molecule has 3 N–H and O–H groups in total. The molecule has 1 atom stereocenters. The van der Waals surface area contributed by atoms with Gasteiger partial charge in [0.25, 0.3) is 0 Å². The lowest BCUT2D eigenvalue weighted by Crippen LogP contribution is -2.47. The van der Waals surface area contributed by atoms with E-state index >= 15 is 0 Å². The average Bonchev–Trinajstić information content (AvgIpc) is 2.19. The standard InChI is InChI=1S/C10H13NO2S/c1-14-7-10(11,9(12)13)8-5-3-2-4-6-8/h2-6H,7,11H2,1H3,(H,12,13). The van der Waals surface area contributed by atoms with Crippen LogP contribution in [-0.2, 0) is 10.3 Å². The highest BCUT2D eigenvalue weighted by molar-refractivity contribution is 7.98. The molecule has 0 saturated carbocycles. The molecular formula is C10H13NO2S. The summed E-state index contributed by atoms with van der Waals surface area (Å²) >= 11 is 1.43. The highest BCUT2D eigenvalue weighted by Gasteiger charge is 2.35. The van der Waals surface area contributed by atoms with E-state index in [2.05, 4.69) is 0 Å². The molecule has 0 fully saturated rings. The van der Waals surface area contributed by atoms with Gasteiger partial charge in [-0.15, -0.1) is 0 Å². The predicted molar refractivity (Wildman–Crippen MR) is 58.3 cm³/mol. The van der Waals surface area contributed by atoms with Crippen molar-refractivity contribution in [3.8, 4) is 0 Å². The lowest BCUT2D eigenvalue weighted by Gasteiger charge is -2.24. The van der Waals surface area contributed by atoms with E-state index in [1.807, 2.05) is 12.3 Å². The summed E-state index contributed by atoms with van der Waals surface area (Å²) in [5.41, 5.74) is 5.22. The van der Waals surface area contributed by atoms with Crippen molar-refractivity contribution in [2.75, 3.05) is 12.0 Å². The second-order valence-electron chi connectivity index (χ2n) is 3.08. The molecule has 0 aliphatic rings. The Balaban J connectivity index is 3.06. The van der Waals surface area contributed by atoms with Crippen LogP contribution in [0, 0.1) is 0 Å². The third-order valence-electron chi connectivity index (χ3n) is 2.04. The SMILES string of the molecule is CSCC(N)(C(=O)O)c1ccccc1. The molecule has 3 nitrogen and oxygen atoms in total. The monoisotopic (exact) mass is 211 g/mol. The zero-order valence-electron chi connectivity index (χ0n) is 7.93. The van der Waals surface area contributed by atoms with Gasteiger partial charge in [-0.3, -0.25) is 0 Å². The third-order valence-corrected chi connectivity index (χ3v) is 2.79. The first kappa shape index (κ1) is 11.1. The Bertz CT molecular complexity index is 315. The molecule has 1 aromatic carbocycles. The summed E-state index contributed by atoms with van der Waals surface area (Å²) in [4.78, 5) is 11.1. The summed E-state index contributed by atoms with van der Waals surface area (Å²) in [7, 11) is 0. The minimum atomic E-state index is -1.28. The summed E-state index contributed by atoms with van der Waals surface area (Å²) in [6, 6.07) is 8.90. The van der Waals surface area contributed by atoms with Crippen LogP contribution in [0.3, 0.4) is 0 Å². The van der Waals surface area contributed by atoms with Gasteiger partial charge in [-0.1, -0.05) is 30.3 Å². The minimum absolute atomic E-state index is 0.367. The first-order valence-corrected chi connectivity index (χ1v) is 5.57. The smallest absolute Gasteiger partial charge is 0.329 e. The Morgan fingerprint density at radius 3 is 2.50 bits per heavy atom. The summed E-state index contributed by atoms with van der Waals surface area (Å²) in [6.07, 6.45) is 1.84. The molecule has 14 heavy (non-hydrogen) atoms. The highest BCUT2D eigenvalue weighted by atomic mass is 32.2. The molecule has 76 valence electrons. The quantitative estimate of drug-likeness (QED) is 0.787. The summed E-state index contributed by atoms with van der Waals surface area (Å²) in [6.45, 7) is 0. The minimum Gasteiger partial charge on any atom is -0.480 e. The Morgan fingerprint density at radius 2 is 2.07 bits per heavy atom. The largest absolute Gasteiger partial charge is 0.480 e. The van der Waals surface area contributed by atoms with Crippen molar-refractivity contribution in [1.82, 2.24) is 0 Å². The fraction of sp³-hybridized carbons (Fsp3) is 0.300. The number of carboxylic acid groups (broad SMARTS) is 1. The normalized spacial score (nSPS) is 14.7. The molecule has 0 saturated heterocycles. The number of benzene rings is 1. The topological polar surface area (TPSA) is 63.3 Å². The van der Waals surface area contributed by atoms with Gasteiger partial charge in [-0.2, -0.15) is 11.8 Å².